The average Bonchev–Trinajstić information content (AvgIpc) is 2.79. The molecule has 90 valence electrons. The van der Waals surface area contributed by atoms with Crippen molar-refractivity contribution in [1.82, 2.24) is 14.9 Å². The van der Waals surface area contributed by atoms with Crippen molar-refractivity contribution in [3.8, 4) is 0 Å². The quantitative estimate of drug-likeness (QED) is 0.661. The Balaban J connectivity index is 2.25. The molecule has 0 spiro atoms. The van der Waals surface area contributed by atoms with Gasteiger partial charge in [0, 0.05) is 6.20 Å². The van der Waals surface area contributed by atoms with Gasteiger partial charge in [-0.25, -0.2) is 4.52 Å². The lowest BCUT2D eigenvalue weighted by Gasteiger charge is -2.12. The van der Waals surface area contributed by atoms with Crippen LogP contribution in [0.15, 0.2) is 30.6 Å². The molecule has 2 aromatic rings. The lowest BCUT2D eigenvalue weighted by atomic mass is 10.2. The molecule has 2 heterocycles. The summed E-state index contributed by atoms with van der Waals surface area (Å²) in [5.41, 5.74) is 1.09. The molecular weight excluding hydrogens is 222 g/mol. The Bertz CT molecular complexity index is 519. The minimum atomic E-state index is -0.652. The highest BCUT2D eigenvalue weighted by Gasteiger charge is 2.15. The van der Waals surface area contributed by atoms with E-state index in [1.54, 1.807) is 16.8 Å². The molecule has 0 aromatic carbocycles. The first-order valence-electron chi connectivity index (χ1n) is 5.21. The molecule has 0 aliphatic carbocycles. The molecule has 0 aliphatic rings. The van der Waals surface area contributed by atoms with Crippen molar-refractivity contribution in [2.75, 3.05) is 13.2 Å². The van der Waals surface area contributed by atoms with Gasteiger partial charge >= 0.3 is 0 Å². The number of pyridine rings is 1. The predicted molar refractivity (Wildman–Crippen MR) is 60.6 cm³/mol. The van der Waals surface area contributed by atoms with Gasteiger partial charge in [0.25, 0.3) is 5.91 Å². The maximum Gasteiger partial charge on any atom is 0.255 e. The third kappa shape index (κ3) is 2.27. The molecule has 17 heavy (non-hydrogen) atoms. The number of aliphatic hydroxyl groups excluding tert-OH is 2. The van der Waals surface area contributed by atoms with Crippen molar-refractivity contribution in [2.24, 2.45) is 0 Å². The lowest BCUT2D eigenvalue weighted by Crippen LogP contribution is -2.40. The predicted octanol–water partition coefficient (Wildman–Crippen LogP) is -0.583. The first-order valence-corrected chi connectivity index (χ1v) is 5.21. The number of carbonyl (C=O) groups excluding carboxylic acids is 1. The van der Waals surface area contributed by atoms with Gasteiger partial charge < -0.3 is 15.5 Å². The van der Waals surface area contributed by atoms with Crippen LogP contribution >= 0.6 is 0 Å². The van der Waals surface area contributed by atoms with Gasteiger partial charge in [0.15, 0.2) is 0 Å². The number of fused-ring (bicyclic) bond motifs is 1. The maximum absolute atomic E-state index is 11.9. The van der Waals surface area contributed by atoms with E-state index in [0.29, 0.717) is 11.1 Å². The number of aliphatic hydroxyl groups is 2. The van der Waals surface area contributed by atoms with Crippen molar-refractivity contribution in [3.63, 3.8) is 0 Å². The Hall–Kier alpha value is -1.92. The minimum absolute atomic E-state index is 0.304. The van der Waals surface area contributed by atoms with Gasteiger partial charge in [-0.1, -0.05) is 6.07 Å². The van der Waals surface area contributed by atoms with Crippen LogP contribution in [-0.2, 0) is 0 Å². The fourth-order valence-corrected chi connectivity index (χ4v) is 1.52. The molecular formula is C11H13N3O3. The van der Waals surface area contributed by atoms with Gasteiger partial charge in [-0.2, -0.15) is 5.10 Å². The van der Waals surface area contributed by atoms with Crippen molar-refractivity contribution in [2.45, 2.75) is 6.04 Å². The molecule has 0 saturated heterocycles. The summed E-state index contributed by atoms with van der Waals surface area (Å²) >= 11 is 0. The Labute approximate surface area is 97.5 Å². The minimum Gasteiger partial charge on any atom is -0.394 e. The van der Waals surface area contributed by atoms with E-state index in [2.05, 4.69) is 10.4 Å². The molecule has 0 fully saturated rings. The van der Waals surface area contributed by atoms with Crippen LogP contribution in [0.5, 0.6) is 0 Å². The highest BCUT2D eigenvalue weighted by atomic mass is 16.3. The van der Waals surface area contributed by atoms with E-state index in [4.69, 9.17) is 10.2 Å². The first-order chi connectivity index (χ1) is 8.26. The SMILES string of the molecule is O=C(NC(CO)CO)c1cnn2ccccc12. The number of carbonyl (C=O) groups is 1. The van der Waals surface area contributed by atoms with Gasteiger partial charge in [0.05, 0.1) is 36.5 Å². The molecule has 1 amide bonds. The number of hydrogen-bond donors (Lipinski definition) is 3. The topological polar surface area (TPSA) is 86.9 Å². The molecule has 0 unspecified atom stereocenters. The summed E-state index contributed by atoms with van der Waals surface area (Å²) in [6, 6.07) is 4.74. The molecule has 3 N–H and O–H groups in total. The standard InChI is InChI=1S/C11H13N3O3/c15-6-8(7-16)13-11(17)9-5-12-14-4-2-1-3-10(9)14/h1-5,8,15-16H,6-7H2,(H,13,17). The third-order valence-electron chi connectivity index (χ3n) is 2.45. The van der Waals surface area contributed by atoms with Gasteiger partial charge in [0.2, 0.25) is 0 Å². The van der Waals surface area contributed by atoms with Crippen LogP contribution in [0.2, 0.25) is 0 Å². The zero-order valence-electron chi connectivity index (χ0n) is 9.08. The van der Waals surface area contributed by atoms with Crippen LogP contribution in [0, 0.1) is 0 Å². The van der Waals surface area contributed by atoms with E-state index < -0.39 is 6.04 Å². The largest absolute Gasteiger partial charge is 0.394 e. The molecule has 0 bridgehead atoms. The van der Waals surface area contributed by atoms with Gasteiger partial charge in [-0.05, 0) is 12.1 Å². The number of amides is 1. The second-order valence-electron chi connectivity index (χ2n) is 3.62. The van der Waals surface area contributed by atoms with E-state index in [0.717, 1.165) is 0 Å². The normalized spacial score (nSPS) is 11.0. The highest BCUT2D eigenvalue weighted by Crippen LogP contribution is 2.09. The van der Waals surface area contributed by atoms with Gasteiger partial charge in [-0.15, -0.1) is 0 Å². The van der Waals surface area contributed by atoms with Crippen LogP contribution < -0.4 is 5.32 Å². The zero-order chi connectivity index (χ0) is 12.3. The molecule has 0 saturated carbocycles. The number of rotatable bonds is 4. The summed E-state index contributed by atoms with van der Waals surface area (Å²) in [5, 5.41) is 24.3. The molecule has 6 nitrogen and oxygen atoms in total. The Morgan fingerprint density at radius 3 is 2.88 bits per heavy atom. The van der Waals surface area contributed by atoms with Crippen LogP contribution in [-0.4, -0.2) is 45.0 Å². The van der Waals surface area contributed by atoms with E-state index in [9.17, 15) is 4.79 Å². The maximum atomic E-state index is 11.9. The smallest absolute Gasteiger partial charge is 0.255 e. The Kier molecular flexibility index (Phi) is 3.36. The highest BCUT2D eigenvalue weighted by molar-refractivity contribution is 6.00. The fraction of sp³-hybridized carbons (Fsp3) is 0.273. The summed E-state index contributed by atoms with van der Waals surface area (Å²) in [6.07, 6.45) is 3.19. The van der Waals surface area contributed by atoms with E-state index in [1.807, 2.05) is 12.1 Å². The summed E-state index contributed by atoms with van der Waals surface area (Å²) < 4.78 is 1.59. The first kappa shape index (κ1) is 11.6. The lowest BCUT2D eigenvalue weighted by molar-refractivity contribution is 0.0881. The van der Waals surface area contributed by atoms with Gasteiger partial charge in [0.1, 0.15) is 0 Å². The number of hydrogen-bond acceptors (Lipinski definition) is 4. The van der Waals surface area contributed by atoms with Gasteiger partial charge in [-0.3, -0.25) is 4.79 Å². The average molecular weight is 235 g/mol. The Morgan fingerprint density at radius 1 is 1.41 bits per heavy atom. The monoisotopic (exact) mass is 235 g/mol. The second kappa shape index (κ2) is 4.94. The summed E-state index contributed by atoms with van der Waals surface area (Å²) in [6.45, 7) is -0.608. The number of nitrogens with zero attached hydrogens (tertiary/aromatic N) is 2. The summed E-state index contributed by atoms with van der Waals surface area (Å²) in [5.74, 6) is -0.362. The molecule has 2 aromatic heterocycles. The molecule has 0 radical (unpaired) electrons. The molecule has 0 aliphatic heterocycles. The summed E-state index contributed by atoms with van der Waals surface area (Å²) in [4.78, 5) is 11.9. The third-order valence-corrected chi connectivity index (χ3v) is 2.45. The van der Waals surface area contributed by atoms with Crippen molar-refractivity contribution in [3.05, 3.63) is 36.2 Å². The molecule has 6 heteroatoms. The van der Waals surface area contributed by atoms with E-state index >= 15 is 0 Å². The van der Waals surface area contributed by atoms with Crippen LogP contribution in [0.4, 0.5) is 0 Å². The Morgan fingerprint density at radius 2 is 2.18 bits per heavy atom. The molecule has 2 rings (SSSR count). The van der Waals surface area contributed by atoms with Crippen LogP contribution in [0.1, 0.15) is 10.4 Å². The van der Waals surface area contributed by atoms with Crippen molar-refractivity contribution >= 4 is 11.4 Å². The van der Waals surface area contributed by atoms with E-state index in [-0.39, 0.29) is 19.1 Å². The molecule has 0 atom stereocenters. The van der Waals surface area contributed by atoms with E-state index in [1.165, 1.54) is 6.20 Å². The van der Waals surface area contributed by atoms with Crippen molar-refractivity contribution < 1.29 is 15.0 Å². The van der Waals surface area contributed by atoms with Crippen LogP contribution in [0.3, 0.4) is 0 Å². The van der Waals surface area contributed by atoms with Crippen LogP contribution in [0.25, 0.3) is 5.52 Å². The zero-order valence-corrected chi connectivity index (χ0v) is 9.08. The number of aromatic nitrogens is 2. The fourth-order valence-electron chi connectivity index (χ4n) is 1.52. The van der Waals surface area contributed by atoms with Crippen molar-refractivity contribution in [1.29, 1.82) is 0 Å². The summed E-state index contributed by atoms with van der Waals surface area (Å²) in [7, 11) is 0. The second-order valence-corrected chi connectivity index (χ2v) is 3.62. The number of nitrogens with one attached hydrogen (secondary N) is 1.